The Bertz CT molecular complexity index is 986. The number of rotatable bonds is 4. The molecule has 0 aliphatic rings. The molecule has 0 bridgehead atoms. The third-order valence-electron chi connectivity index (χ3n) is 3.94. The fourth-order valence-corrected chi connectivity index (χ4v) is 2.76. The topological polar surface area (TPSA) is 60.4 Å². The zero-order valence-electron chi connectivity index (χ0n) is 13.1. The molecule has 0 atom stereocenters. The van der Waals surface area contributed by atoms with Gasteiger partial charge in [-0.1, -0.05) is 18.2 Å². The van der Waals surface area contributed by atoms with E-state index in [9.17, 15) is 5.11 Å². The molecule has 4 rings (SSSR count). The van der Waals surface area contributed by atoms with Gasteiger partial charge in [-0.05, 0) is 36.4 Å². The summed E-state index contributed by atoms with van der Waals surface area (Å²) in [5, 5.41) is 14.9. The van der Waals surface area contributed by atoms with Crippen molar-refractivity contribution >= 4 is 10.9 Å². The quantitative estimate of drug-likeness (QED) is 0.621. The summed E-state index contributed by atoms with van der Waals surface area (Å²) in [5.41, 5.74) is 2.62. The van der Waals surface area contributed by atoms with E-state index in [4.69, 9.17) is 14.3 Å². The summed E-state index contributed by atoms with van der Waals surface area (Å²) in [5.74, 6) is 1.91. The first kappa shape index (κ1) is 14.5. The smallest absolute Gasteiger partial charge is 0.155 e. The van der Waals surface area contributed by atoms with Gasteiger partial charge in [-0.3, -0.25) is 0 Å². The van der Waals surface area contributed by atoms with E-state index in [1.807, 2.05) is 59.3 Å². The lowest BCUT2D eigenvalue weighted by Gasteiger charge is -2.04. The minimum Gasteiger partial charge on any atom is -0.497 e. The molecule has 5 nitrogen and oxygen atoms in total. The van der Waals surface area contributed by atoms with Crippen molar-refractivity contribution in [3.63, 3.8) is 0 Å². The number of hydrogen-bond donors (Lipinski definition) is 1. The van der Waals surface area contributed by atoms with Crippen LogP contribution in [-0.4, -0.2) is 22.0 Å². The fraction of sp³-hybridized carbons (Fsp3) is 0.105. The molecule has 1 N–H and O–H groups in total. The highest BCUT2D eigenvalue weighted by Crippen LogP contribution is 2.33. The van der Waals surface area contributed by atoms with E-state index in [1.54, 1.807) is 13.2 Å². The van der Waals surface area contributed by atoms with Gasteiger partial charge < -0.3 is 14.3 Å². The second-order valence-corrected chi connectivity index (χ2v) is 5.40. The van der Waals surface area contributed by atoms with E-state index in [0.717, 1.165) is 28.0 Å². The zero-order chi connectivity index (χ0) is 16.5. The third kappa shape index (κ3) is 2.35. The summed E-state index contributed by atoms with van der Waals surface area (Å²) in [6, 6.07) is 19.3. The number of nitrogens with zero attached hydrogens (tertiary/aromatic N) is 2. The summed E-state index contributed by atoms with van der Waals surface area (Å²) in [6.45, 7) is -0.134. The number of fused-ring (bicyclic) bond motifs is 1. The average Bonchev–Trinajstić information content (AvgIpc) is 3.26. The van der Waals surface area contributed by atoms with Crippen LogP contribution in [0.5, 0.6) is 5.75 Å². The number of methoxy groups -OCH3 is 1. The van der Waals surface area contributed by atoms with Crippen LogP contribution in [0.15, 0.2) is 65.1 Å². The molecule has 24 heavy (non-hydrogen) atoms. The number of hydrogen-bond acceptors (Lipinski definition) is 4. The molecule has 4 aromatic rings. The minimum absolute atomic E-state index is 0.134. The normalized spacial score (nSPS) is 11.1. The lowest BCUT2D eigenvalue weighted by Crippen LogP contribution is -1.96. The fourth-order valence-electron chi connectivity index (χ4n) is 2.76. The summed E-state index contributed by atoms with van der Waals surface area (Å²) < 4.78 is 12.9. The maximum Gasteiger partial charge on any atom is 0.155 e. The van der Waals surface area contributed by atoms with Crippen molar-refractivity contribution in [2.24, 2.45) is 0 Å². The van der Waals surface area contributed by atoms with E-state index < -0.39 is 0 Å². The summed E-state index contributed by atoms with van der Waals surface area (Å²) in [7, 11) is 1.64. The molecule has 2 heterocycles. The predicted octanol–water partition coefficient (Wildman–Crippen LogP) is 3.79. The van der Waals surface area contributed by atoms with Crippen LogP contribution < -0.4 is 4.74 Å². The van der Waals surface area contributed by atoms with Crippen molar-refractivity contribution in [1.29, 1.82) is 0 Å². The Labute approximate surface area is 138 Å². The molecule has 0 aliphatic heterocycles. The molecular weight excluding hydrogens is 304 g/mol. The van der Waals surface area contributed by atoms with Gasteiger partial charge in [-0.25, -0.2) is 4.68 Å². The number of ether oxygens (including phenoxy) is 1. The number of furan rings is 1. The van der Waals surface area contributed by atoms with Crippen LogP contribution in [-0.2, 0) is 6.61 Å². The van der Waals surface area contributed by atoms with Gasteiger partial charge >= 0.3 is 0 Å². The van der Waals surface area contributed by atoms with Crippen LogP contribution in [0.3, 0.4) is 0 Å². The molecule has 0 aliphatic carbocycles. The van der Waals surface area contributed by atoms with Crippen LogP contribution >= 0.6 is 0 Å². The van der Waals surface area contributed by atoms with Crippen molar-refractivity contribution in [2.45, 2.75) is 6.61 Å². The maximum absolute atomic E-state index is 9.23. The van der Waals surface area contributed by atoms with Gasteiger partial charge in [0.25, 0.3) is 0 Å². The molecule has 0 unspecified atom stereocenters. The first-order valence-corrected chi connectivity index (χ1v) is 7.62. The SMILES string of the molecule is COc1ccc2c(-c3ccc(CO)o3)nn(-c3ccccc3)c2c1. The van der Waals surface area contributed by atoms with Gasteiger partial charge in [-0.15, -0.1) is 0 Å². The third-order valence-corrected chi connectivity index (χ3v) is 3.94. The van der Waals surface area contributed by atoms with Crippen LogP contribution in [0, 0.1) is 0 Å². The van der Waals surface area contributed by atoms with E-state index in [0.29, 0.717) is 11.5 Å². The Hall–Kier alpha value is -3.05. The first-order chi connectivity index (χ1) is 11.8. The molecule has 0 amide bonds. The van der Waals surface area contributed by atoms with Crippen molar-refractivity contribution in [3.8, 4) is 22.9 Å². The largest absolute Gasteiger partial charge is 0.497 e. The average molecular weight is 320 g/mol. The van der Waals surface area contributed by atoms with Crippen molar-refractivity contribution in [1.82, 2.24) is 9.78 Å². The van der Waals surface area contributed by atoms with Crippen LogP contribution in [0.25, 0.3) is 28.0 Å². The van der Waals surface area contributed by atoms with E-state index >= 15 is 0 Å². The van der Waals surface area contributed by atoms with Crippen LogP contribution in [0.2, 0.25) is 0 Å². The van der Waals surface area contributed by atoms with E-state index in [1.165, 1.54) is 0 Å². The highest BCUT2D eigenvalue weighted by molar-refractivity contribution is 5.93. The second-order valence-electron chi connectivity index (χ2n) is 5.40. The Balaban J connectivity index is 1.98. The Morgan fingerprint density at radius 2 is 1.92 bits per heavy atom. The minimum atomic E-state index is -0.134. The maximum atomic E-state index is 9.23. The number of benzene rings is 2. The van der Waals surface area contributed by atoms with Crippen LogP contribution in [0.4, 0.5) is 0 Å². The molecule has 0 saturated heterocycles. The zero-order valence-corrected chi connectivity index (χ0v) is 13.1. The molecule has 0 radical (unpaired) electrons. The van der Waals surface area contributed by atoms with E-state index in [-0.39, 0.29) is 6.61 Å². The Morgan fingerprint density at radius 1 is 1.08 bits per heavy atom. The number of aromatic nitrogens is 2. The highest BCUT2D eigenvalue weighted by atomic mass is 16.5. The predicted molar refractivity (Wildman–Crippen MR) is 91.2 cm³/mol. The van der Waals surface area contributed by atoms with Gasteiger partial charge in [0, 0.05) is 11.5 Å². The van der Waals surface area contributed by atoms with Gasteiger partial charge in [0.1, 0.15) is 23.8 Å². The molecule has 0 spiro atoms. The molecule has 0 fully saturated rings. The highest BCUT2D eigenvalue weighted by Gasteiger charge is 2.17. The molecular formula is C19H16N2O3. The van der Waals surface area contributed by atoms with Gasteiger partial charge in [0.15, 0.2) is 5.76 Å². The van der Waals surface area contributed by atoms with Gasteiger partial charge in [-0.2, -0.15) is 5.10 Å². The first-order valence-electron chi connectivity index (χ1n) is 7.62. The summed E-state index contributed by atoms with van der Waals surface area (Å²) in [6.07, 6.45) is 0. The number of aliphatic hydroxyl groups is 1. The Morgan fingerprint density at radius 3 is 2.62 bits per heavy atom. The van der Waals surface area contributed by atoms with Crippen molar-refractivity contribution < 1.29 is 14.3 Å². The monoisotopic (exact) mass is 320 g/mol. The molecule has 5 heteroatoms. The molecule has 2 aromatic carbocycles. The van der Waals surface area contributed by atoms with Crippen LogP contribution in [0.1, 0.15) is 5.76 Å². The summed E-state index contributed by atoms with van der Waals surface area (Å²) >= 11 is 0. The van der Waals surface area contributed by atoms with Gasteiger partial charge in [0.05, 0.1) is 18.3 Å². The molecule has 2 aromatic heterocycles. The van der Waals surface area contributed by atoms with Gasteiger partial charge in [0.2, 0.25) is 0 Å². The lowest BCUT2D eigenvalue weighted by molar-refractivity contribution is 0.248. The summed E-state index contributed by atoms with van der Waals surface area (Å²) in [4.78, 5) is 0. The standard InChI is InChI=1S/C19H16N2O3/c1-23-14-7-9-16-17(11-14)21(13-5-3-2-4-6-13)20-19(16)18-10-8-15(12-22)24-18/h2-11,22H,12H2,1H3. The second kappa shape index (κ2) is 5.86. The number of para-hydroxylation sites is 1. The molecule has 0 saturated carbocycles. The van der Waals surface area contributed by atoms with Crippen molar-refractivity contribution in [3.05, 3.63) is 66.4 Å². The lowest BCUT2D eigenvalue weighted by atomic mass is 10.1. The Kier molecular flexibility index (Phi) is 3.55. The van der Waals surface area contributed by atoms with E-state index in [2.05, 4.69) is 0 Å². The molecule has 120 valence electrons. The van der Waals surface area contributed by atoms with Crippen molar-refractivity contribution in [2.75, 3.05) is 7.11 Å². The number of aliphatic hydroxyl groups excluding tert-OH is 1.